The minimum absolute atomic E-state index is 0.0405. The summed E-state index contributed by atoms with van der Waals surface area (Å²) in [6.07, 6.45) is 4.25. The number of pyridine rings is 1. The third-order valence-corrected chi connectivity index (χ3v) is 4.15. The predicted molar refractivity (Wildman–Crippen MR) is 87.1 cm³/mol. The van der Waals surface area contributed by atoms with Gasteiger partial charge >= 0.3 is 6.03 Å². The largest absolute Gasteiger partial charge is 0.374 e. The van der Waals surface area contributed by atoms with E-state index in [2.05, 4.69) is 15.3 Å². The van der Waals surface area contributed by atoms with Gasteiger partial charge in [0.15, 0.2) is 0 Å². The SMILES string of the molecule is CN(C)C(=O)N1CCc2c(nnn2C)[C@@H]1COCc1cccnc1. The van der Waals surface area contributed by atoms with Crippen LogP contribution in [0.4, 0.5) is 4.79 Å². The number of carbonyl (C=O) groups is 1. The molecule has 0 N–H and O–H groups in total. The maximum absolute atomic E-state index is 12.5. The number of aryl methyl sites for hydroxylation is 1. The Morgan fingerprint density at radius 3 is 3.00 bits per heavy atom. The summed E-state index contributed by atoms with van der Waals surface area (Å²) in [6.45, 7) is 1.45. The fourth-order valence-electron chi connectivity index (χ4n) is 2.90. The quantitative estimate of drug-likeness (QED) is 0.836. The van der Waals surface area contributed by atoms with Gasteiger partial charge in [-0.2, -0.15) is 0 Å². The van der Waals surface area contributed by atoms with Crippen LogP contribution < -0.4 is 0 Å². The summed E-state index contributed by atoms with van der Waals surface area (Å²) in [6, 6.07) is 3.57. The minimum atomic E-state index is -0.228. The molecule has 0 saturated carbocycles. The molecule has 1 aliphatic heterocycles. The van der Waals surface area contributed by atoms with Gasteiger partial charge in [-0.25, -0.2) is 4.79 Å². The lowest BCUT2D eigenvalue weighted by Gasteiger charge is -2.36. The Morgan fingerprint density at radius 1 is 1.46 bits per heavy atom. The lowest BCUT2D eigenvalue weighted by molar-refractivity contribution is 0.0503. The Morgan fingerprint density at radius 2 is 2.29 bits per heavy atom. The van der Waals surface area contributed by atoms with Crippen LogP contribution in [0.2, 0.25) is 0 Å². The molecule has 128 valence electrons. The number of rotatable bonds is 4. The van der Waals surface area contributed by atoms with Gasteiger partial charge in [-0.15, -0.1) is 5.10 Å². The number of hydrogen-bond donors (Lipinski definition) is 0. The molecule has 3 heterocycles. The van der Waals surface area contributed by atoms with Crippen molar-refractivity contribution in [3.8, 4) is 0 Å². The zero-order chi connectivity index (χ0) is 17.1. The smallest absolute Gasteiger partial charge is 0.320 e. The summed E-state index contributed by atoms with van der Waals surface area (Å²) >= 11 is 0. The summed E-state index contributed by atoms with van der Waals surface area (Å²) in [5.41, 5.74) is 2.89. The molecule has 0 unspecified atom stereocenters. The Labute approximate surface area is 141 Å². The third-order valence-electron chi connectivity index (χ3n) is 4.15. The topological polar surface area (TPSA) is 76.4 Å². The molecule has 0 aliphatic carbocycles. The number of carbonyl (C=O) groups excluding carboxylic acids is 1. The molecule has 24 heavy (non-hydrogen) atoms. The Hall–Kier alpha value is -2.48. The van der Waals surface area contributed by atoms with Gasteiger partial charge in [0.05, 0.1) is 18.9 Å². The van der Waals surface area contributed by atoms with Crippen LogP contribution in [0.3, 0.4) is 0 Å². The van der Waals surface area contributed by atoms with Crippen molar-refractivity contribution in [2.45, 2.75) is 19.1 Å². The molecule has 2 amide bonds. The van der Waals surface area contributed by atoms with Gasteiger partial charge in [0.2, 0.25) is 0 Å². The van der Waals surface area contributed by atoms with Crippen LogP contribution in [0, 0.1) is 0 Å². The summed E-state index contributed by atoms with van der Waals surface area (Å²) in [5, 5.41) is 8.37. The van der Waals surface area contributed by atoms with Crippen LogP contribution >= 0.6 is 0 Å². The standard InChI is InChI=1S/C16H22N6O2/c1-20(2)16(23)22-8-6-13-15(18-19-21(13)3)14(22)11-24-10-12-5-4-7-17-9-12/h4-5,7,9,14H,6,8,10-11H2,1-3H3/t14-/m0/s1. The highest BCUT2D eigenvalue weighted by Gasteiger charge is 2.35. The highest BCUT2D eigenvalue weighted by Crippen LogP contribution is 2.28. The molecule has 0 spiro atoms. The molecular weight excluding hydrogens is 308 g/mol. The molecule has 2 aromatic heterocycles. The van der Waals surface area contributed by atoms with Crippen LogP contribution in [0.1, 0.15) is 23.0 Å². The van der Waals surface area contributed by atoms with Gasteiger partial charge in [-0.05, 0) is 11.6 Å². The molecule has 1 aliphatic rings. The van der Waals surface area contributed by atoms with E-state index >= 15 is 0 Å². The van der Waals surface area contributed by atoms with E-state index in [1.165, 1.54) is 0 Å². The molecule has 0 bridgehead atoms. The molecule has 8 heteroatoms. The number of amides is 2. The molecule has 0 fully saturated rings. The lowest BCUT2D eigenvalue weighted by atomic mass is 10.0. The Bertz CT molecular complexity index is 700. The first-order chi connectivity index (χ1) is 11.6. The molecule has 8 nitrogen and oxygen atoms in total. The Kier molecular flexibility index (Phi) is 4.75. The van der Waals surface area contributed by atoms with Gasteiger partial charge in [0.25, 0.3) is 0 Å². The van der Waals surface area contributed by atoms with Crippen molar-refractivity contribution in [3.63, 3.8) is 0 Å². The van der Waals surface area contributed by atoms with Crippen LogP contribution in [0.25, 0.3) is 0 Å². The average Bonchev–Trinajstić information content (AvgIpc) is 2.97. The van der Waals surface area contributed by atoms with Gasteiger partial charge in [-0.1, -0.05) is 11.3 Å². The van der Waals surface area contributed by atoms with E-state index in [1.807, 2.05) is 19.2 Å². The zero-order valence-electron chi connectivity index (χ0n) is 14.2. The number of urea groups is 1. The number of aromatic nitrogens is 4. The van der Waals surface area contributed by atoms with Crippen molar-refractivity contribution in [1.82, 2.24) is 29.8 Å². The first-order valence-corrected chi connectivity index (χ1v) is 7.91. The summed E-state index contributed by atoms with van der Waals surface area (Å²) in [5.74, 6) is 0. The number of nitrogens with zero attached hydrogens (tertiary/aromatic N) is 6. The summed E-state index contributed by atoms with van der Waals surface area (Å²) < 4.78 is 7.63. The van der Waals surface area contributed by atoms with E-state index in [-0.39, 0.29) is 12.1 Å². The van der Waals surface area contributed by atoms with Crippen molar-refractivity contribution in [1.29, 1.82) is 0 Å². The number of fused-ring (bicyclic) bond motifs is 1. The van der Waals surface area contributed by atoms with Crippen molar-refractivity contribution in [3.05, 3.63) is 41.5 Å². The monoisotopic (exact) mass is 330 g/mol. The molecule has 2 aromatic rings. The van der Waals surface area contributed by atoms with Crippen molar-refractivity contribution in [2.75, 3.05) is 27.2 Å². The van der Waals surface area contributed by atoms with E-state index in [9.17, 15) is 4.79 Å². The number of ether oxygens (including phenoxy) is 1. The van der Waals surface area contributed by atoms with Gasteiger partial charge in [-0.3, -0.25) is 9.67 Å². The molecule has 0 saturated heterocycles. The molecule has 0 radical (unpaired) electrons. The van der Waals surface area contributed by atoms with Crippen LogP contribution in [-0.4, -0.2) is 63.1 Å². The van der Waals surface area contributed by atoms with Crippen LogP contribution in [-0.2, 0) is 24.8 Å². The van der Waals surface area contributed by atoms with E-state index < -0.39 is 0 Å². The van der Waals surface area contributed by atoms with Gasteiger partial charge < -0.3 is 14.5 Å². The first kappa shape index (κ1) is 16.4. The van der Waals surface area contributed by atoms with Crippen molar-refractivity contribution >= 4 is 6.03 Å². The molecule has 1 atom stereocenters. The van der Waals surface area contributed by atoms with Crippen LogP contribution in [0.15, 0.2) is 24.5 Å². The maximum atomic E-state index is 12.5. The zero-order valence-corrected chi connectivity index (χ0v) is 14.2. The average molecular weight is 330 g/mol. The van der Waals surface area contributed by atoms with E-state index in [4.69, 9.17) is 4.74 Å². The minimum Gasteiger partial charge on any atom is -0.374 e. The second-order valence-electron chi connectivity index (χ2n) is 6.06. The summed E-state index contributed by atoms with van der Waals surface area (Å²) in [4.78, 5) is 20.0. The maximum Gasteiger partial charge on any atom is 0.320 e. The predicted octanol–water partition coefficient (Wildman–Crippen LogP) is 1.01. The fourth-order valence-corrected chi connectivity index (χ4v) is 2.90. The molecular formula is C16H22N6O2. The Balaban J connectivity index is 1.75. The normalized spacial score (nSPS) is 16.8. The molecule has 0 aromatic carbocycles. The highest BCUT2D eigenvalue weighted by molar-refractivity contribution is 5.74. The van der Waals surface area contributed by atoms with Gasteiger partial charge in [0.1, 0.15) is 11.7 Å². The van der Waals surface area contributed by atoms with Crippen LogP contribution in [0.5, 0.6) is 0 Å². The van der Waals surface area contributed by atoms with E-state index in [1.54, 1.807) is 41.0 Å². The lowest BCUT2D eigenvalue weighted by Crippen LogP contribution is -2.46. The van der Waals surface area contributed by atoms with E-state index in [0.717, 1.165) is 23.4 Å². The highest BCUT2D eigenvalue weighted by atomic mass is 16.5. The first-order valence-electron chi connectivity index (χ1n) is 7.91. The fraction of sp³-hybridized carbons (Fsp3) is 0.500. The van der Waals surface area contributed by atoms with E-state index in [0.29, 0.717) is 19.8 Å². The summed E-state index contributed by atoms with van der Waals surface area (Å²) in [7, 11) is 5.38. The second kappa shape index (κ2) is 6.96. The van der Waals surface area contributed by atoms with Crippen molar-refractivity contribution in [2.24, 2.45) is 7.05 Å². The third kappa shape index (κ3) is 3.23. The molecule has 3 rings (SSSR count). The van der Waals surface area contributed by atoms with Crippen molar-refractivity contribution < 1.29 is 9.53 Å². The number of hydrogen-bond acceptors (Lipinski definition) is 5. The second-order valence-corrected chi connectivity index (χ2v) is 6.06. The van der Waals surface area contributed by atoms with Gasteiger partial charge in [0, 0.05) is 46.5 Å².